The Hall–Kier alpha value is -1.84. The van der Waals surface area contributed by atoms with E-state index in [0.717, 1.165) is 12.8 Å². The van der Waals surface area contributed by atoms with Gasteiger partial charge in [0, 0.05) is 6.54 Å². The predicted octanol–water partition coefficient (Wildman–Crippen LogP) is 1.63. The lowest BCUT2D eigenvalue weighted by Gasteiger charge is -2.24. The average molecular weight is 261 g/mol. The first-order valence-electron chi connectivity index (χ1n) is 6.49. The zero-order chi connectivity index (χ0) is 14.0. The molecule has 1 aliphatic carbocycles. The van der Waals surface area contributed by atoms with E-state index in [9.17, 15) is 9.59 Å². The number of benzene rings is 1. The van der Waals surface area contributed by atoms with E-state index in [-0.39, 0.29) is 5.41 Å². The molecule has 0 saturated carbocycles. The molecule has 0 spiro atoms. The third kappa shape index (κ3) is 2.95. The summed E-state index contributed by atoms with van der Waals surface area (Å²) in [4.78, 5) is 22.4. The molecular weight excluding hydrogens is 242 g/mol. The number of carbonyl (C=O) groups is 2. The molecule has 0 fully saturated rings. The number of hydrogen-bond donors (Lipinski definition) is 2. The fourth-order valence-corrected chi connectivity index (χ4v) is 2.58. The van der Waals surface area contributed by atoms with Crippen LogP contribution in [-0.2, 0) is 22.4 Å². The van der Waals surface area contributed by atoms with Crippen LogP contribution >= 0.6 is 0 Å². The molecule has 1 aromatic rings. The fourth-order valence-electron chi connectivity index (χ4n) is 2.58. The lowest BCUT2D eigenvalue weighted by molar-refractivity contribution is -0.146. The molecule has 102 valence electrons. The highest BCUT2D eigenvalue weighted by molar-refractivity contribution is 5.96. The van der Waals surface area contributed by atoms with Gasteiger partial charge in [-0.2, -0.15) is 0 Å². The summed E-state index contributed by atoms with van der Waals surface area (Å²) in [5, 5.41) is 11.6. The highest BCUT2D eigenvalue weighted by Crippen LogP contribution is 2.35. The maximum Gasteiger partial charge on any atom is 0.315 e. The van der Waals surface area contributed by atoms with Gasteiger partial charge in [0.2, 0.25) is 5.91 Å². The topological polar surface area (TPSA) is 66.4 Å². The number of aliphatic carboxylic acids is 1. The highest BCUT2D eigenvalue weighted by atomic mass is 16.4. The summed E-state index contributed by atoms with van der Waals surface area (Å²) in [5.74, 6) is -2.49. The molecule has 0 radical (unpaired) electrons. The van der Waals surface area contributed by atoms with Gasteiger partial charge in [-0.05, 0) is 36.3 Å². The molecule has 2 rings (SSSR count). The largest absolute Gasteiger partial charge is 0.481 e. The molecule has 19 heavy (non-hydrogen) atoms. The van der Waals surface area contributed by atoms with Crippen LogP contribution in [-0.4, -0.2) is 23.5 Å². The minimum Gasteiger partial charge on any atom is -0.481 e. The summed E-state index contributed by atoms with van der Waals surface area (Å²) in [6, 6.07) is 8.27. The number of carboxylic acids is 1. The molecule has 1 atom stereocenters. The Kier molecular flexibility index (Phi) is 3.60. The first kappa shape index (κ1) is 13.6. The van der Waals surface area contributed by atoms with Gasteiger partial charge >= 0.3 is 5.97 Å². The van der Waals surface area contributed by atoms with Crippen molar-refractivity contribution in [2.75, 3.05) is 6.54 Å². The minimum absolute atomic E-state index is 0.0163. The molecule has 1 aromatic carbocycles. The van der Waals surface area contributed by atoms with Crippen LogP contribution in [0.3, 0.4) is 0 Å². The Labute approximate surface area is 112 Å². The summed E-state index contributed by atoms with van der Waals surface area (Å²) in [6.07, 6.45) is 1.84. The number of fused-ring (bicyclic) bond motifs is 1. The smallest absolute Gasteiger partial charge is 0.315 e. The number of carbonyl (C=O) groups excluding carboxylic acids is 1. The normalized spacial score (nSPS) is 17.6. The molecule has 0 heterocycles. The first-order chi connectivity index (χ1) is 8.91. The van der Waals surface area contributed by atoms with Crippen LogP contribution in [0.4, 0.5) is 0 Å². The van der Waals surface area contributed by atoms with Crippen molar-refractivity contribution >= 4 is 11.9 Å². The Bertz CT molecular complexity index is 485. The van der Waals surface area contributed by atoms with E-state index in [1.165, 1.54) is 18.1 Å². The summed E-state index contributed by atoms with van der Waals surface area (Å²) in [5.41, 5.74) is 2.63. The predicted molar refractivity (Wildman–Crippen MR) is 71.8 cm³/mol. The van der Waals surface area contributed by atoms with Gasteiger partial charge in [-0.3, -0.25) is 9.59 Å². The van der Waals surface area contributed by atoms with E-state index >= 15 is 0 Å². The van der Waals surface area contributed by atoms with E-state index in [2.05, 4.69) is 24.4 Å². The zero-order valence-corrected chi connectivity index (χ0v) is 11.3. The average Bonchev–Trinajstić information content (AvgIpc) is 2.71. The minimum atomic E-state index is -1.09. The van der Waals surface area contributed by atoms with E-state index in [0.29, 0.717) is 6.54 Å². The summed E-state index contributed by atoms with van der Waals surface area (Å²) in [7, 11) is 0. The van der Waals surface area contributed by atoms with Crippen molar-refractivity contribution in [1.29, 1.82) is 0 Å². The summed E-state index contributed by atoms with van der Waals surface area (Å²) < 4.78 is 0. The summed E-state index contributed by atoms with van der Waals surface area (Å²) in [6.45, 7) is 4.04. The SMILES string of the molecule is CC(C(=O)O)C(=O)NCC1(C)Cc2ccccc2C1. The van der Waals surface area contributed by atoms with Crippen molar-refractivity contribution in [3.8, 4) is 0 Å². The zero-order valence-electron chi connectivity index (χ0n) is 11.3. The second kappa shape index (κ2) is 5.03. The first-order valence-corrected chi connectivity index (χ1v) is 6.49. The molecule has 0 bridgehead atoms. The van der Waals surface area contributed by atoms with Crippen molar-refractivity contribution in [3.63, 3.8) is 0 Å². The van der Waals surface area contributed by atoms with Gasteiger partial charge in [-0.15, -0.1) is 0 Å². The van der Waals surface area contributed by atoms with Crippen LogP contribution < -0.4 is 5.32 Å². The highest BCUT2D eigenvalue weighted by Gasteiger charge is 2.33. The van der Waals surface area contributed by atoms with Crippen molar-refractivity contribution in [1.82, 2.24) is 5.32 Å². The molecule has 0 saturated heterocycles. The second-order valence-electron chi connectivity index (χ2n) is 5.71. The van der Waals surface area contributed by atoms with Gasteiger partial charge < -0.3 is 10.4 Å². The van der Waals surface area contributed by atoms with Gasteiger partial charge in [0.15, 0.2) is 0 Å². The van der Waals surface area contributed by atoms with Crippen molar-refractivity contribution in [3.05, 3.63) is 35.4 Å². The Balaban J connectivity index is 1.95. The Morgan fingerprint density at radius 2 is 1.84 bits per heavy atom. The molecule has 1 amide bonds. The number of nitrogens with one attached hydrogen (secondary N) is 1. The van der Waals surface area contributed by atoms with Crippen molar-refractivity contribution < 1.29 is 14.7 Å². The standard InChI is InChI=1S/C15H19NO3/c1-10(14(18)19)13(17)16-9-15(2)7-11-5-3-4-6-12(11)8-15/h3-6,10H,7-9H2,1-2H3,(H,16,17)(H,18,19). The number of rotatable bonds is 4. The van der Waals surface area contributed by atoms with Crippen LogP contribution in [0.2, 0.25) is 0 Å². The van der Waals surface area contributed by atoms with Gasteiger partial charge in [0.1, 0.15) is 5.92 Å². The number of amides is 1. The van der Waals surface area contributed by atoms with E-state index in [1.54, 1.807) is 0 Å². The Morgan fingerprint density at radius 3 is 2.32 bits per heavy atom. The molecule has 4 nitrogen and oxygen atoms in total. The second-order valence-corrected chi connectivity index (χ2v) is 5.71. The van der Waals surface area contributed by atoms with Crippen LogP contribution in [0.5, 0.6) is 0 Å². The molecule has 1 unspecified atom stereocenters. The van der Waals surface area contributed by atoms with Gasteiger partial charge in [0.05, 0.1) is 0 Å². The van der Waals surface area contributed by atoms with Crippen LogP contribution in [0, 0.1) is 11.3 Å². The number of hydrogen-bond acceptors (Lipinski definition) is 2. The third-order valence-corrected chi connectivity index (χ3v) is 3.81. The van der Waals surface area contributed by atoms with Crippen LogP contribution in [0.1, 0.15) is 25.0 Å². The van der Waals surface area contributed by atoms with Gasteiger partial charge in [0.25, 0.3) is 0 Å². The lowest BCUT2D eigenvalue weighted by atomic mass is 9.87. The van der Waals surface area contributed by atoms with Crippen molar-refractivity contribution in [2.24, 2.45) is 11.3 Å². The van der Waals surface area contributed by atoms with E-state index in [4.69, 9.17) is 5.11 Å². The van der Waals surface area contributed by atoms with E-state index < -0.39 is 17.8 Å². The maximum absolute atomic E-state index is 11.7. The van der Waals surface area contributed by atoms with Crippen LogP contribution in [0.15, 0.2) is 24.3 Å². The fraction of sp³-hybridized carbons (Fsp3) is 0.467. The monoisotopic (exact) mass is 261 g/mol. The van der Waals surface area contributed by atoms with E-state index in [1.807, 2.05) is 12.1 Å². The maximum atomic E-state index is 11.7. The van der Waals surface area contributed by atoms with Gasteiger partial charge in [-0.1, -0.05) is 31.2 Å². The van der Waals surface area contributed by atoms with Crippen molar-refractivity contribution in [2.45, 2.75) is 26.7 Å². The molecule has 1 aliphatic rings. The molecule has 0 aliphatic heterocycles. The summed E-state index contributed by atoms with van der Waals surface area (Å²) >= 11 is 0. The molecular formula is C15H19NO3. The molecule has 2 N–H and O–H groups in total. The van der Waals surface area contributed by atoms with Gasteiger partial charge in [-0.25, -0.2) is 0 Å². The number of carboxylic acid groups (broad SMARTS) is 1. The van der Waals surface area contributed by atoms with Crippen LogP contribution in [0.25, 0.3) is 0 Å². The lowest BCUT2D eigenvalue weighted by Crippen LogP contribution is -2.40. The third-order valence-electron chi connectivity index (χ3n) is 3.81. The quantitative estimate of drug-likeness (QED) is 0.809. The Morgan fingerprint density at radius 1 is 1.32 bits per heavy atom. The molecule has 0 aromatic heterocycles. The molecule has 4 heteroatoms.